The number of esters is 1. The predicted molar refractivity (Wildman–Crippen MR) is 133 cm³/mol. The van der Waals surface area contributed by atoms with E-state index in [9.17, 15) is 14.4 Å². The number of aromatic nitrogens is 1. The molecule has 2 amide bonds. The molecule has 0 fully saturated rings. The second-order valence-electron chi connectivity index (χ2n) is 7.68. The van der Waals surface area contributed by atoms with Gasteiger partial charge in [0.2, 0.25) is 5.91 Å². The lowest BCUT2D eigenvalue weighted by Gasteiger charge is -2.11. The van der Waals surface area contributed by atoms with Gasteiger partial charge in [-0.1, -0.05) is 18.2 Å². The van der Waals surface area contributed by atoms with Gasteiger partial charge in [-0.15, -0.1) is 0 Å². The first-order valence-corrected chi connectivity index (χ1v) is 10.8. The van der Waals surface area contributed by atoms with Crippen molar-refractivity contribution in [3.05, 3.63) is 84.4 Å². The van der Waals surface area contributed by atoms with Gasteiger partial charge < -0.3 is 20.1 Å². The van der Waals surface area contributed by atoms with E-state index in [-0.39, 0.29) is 5.91 Å². The zero-order valence-corrected chi connectivity index (χ0v) is 19.2. The smallest absolute Gasteiger partial charge is 0.339 e. The lowest BCUT2D eigenvalue weighted by Crippen LogP contribution is -2.21. The molecule has 0 aliphatic carbocycles. The Labute approximate surface area is 201 Å². The summed E-state index contributed by atoms with van der Waals surface area (Å²) in [5.41, 5.74) is 3.48. The lowest BCUT2D eigenvalue weighted by molar-refractivity contribution is -0.119. The Balaban J connectivity index is 1.48. The molecule has 8 heteroatoms. The number of amides is 2. The molecular formula is C27H23N3O5. The molecule has 0 aliphatic heterocycles. The molecule has 0 radical (unpaired) electrons. The molecule has 1 heterocycles. The van der Waals surface area contributed by atoms with Crippen LogP contribution in [0.4, 0.5) is 11.4 Å². The van der Waals surface area contributed by atoms with Crippen molar-refractivity contribution in [3.63, 3.8) is 0 Å². The molecule has 0 saturated carbocycles. The van der Waals surface area contributed by atoms with E-state index in [1.165, 1.54) is 6.92 Å². The molecule has 1 aromatic heterocycles. The molecule has 3 aromatic carbocycles. The highest BCUT2D eigenvalue weighted by Crippen LogP contribution is 2.27. The van der Waals surface area contributed by atoms with Crippen LogP contribution >= 0.6 is 0 Å². The number of pyridine rings is 1. The highest BCUT2D eigenvalue weighted by atomic mass is 16.5. The summed E-state index contributed by atoms with van der Waals surface area (Å²) < 4.78 is 10.5. The number of benzene rings is 3. The summed E-state index contributed by atoms with van der Waals surface area (Å²) in [6.07, 6.45) is 0. The van der Waals surface area contributed by atoms with Gasteiger partial charge in [0.15, 0.2) is 6.61 Å². The summed E-state index contributed by atoms with van der Waals surface area (Å²) in [6, 6.07) is 22.9. The van der Waals surface area contributed by atoms with Gasteiger partial charge in [-0.2, -0.15) is 0 Å². The Hall–Kier alpha value is -4.72. The van der Waals surface area contributed by atoms with Crippen LogP contribution in [-0.2, 0) is 14.3 Å². The first-order valence-electron chi connectivity index (χ1n) is 10.8. The molecular weight excluding hydrogens is 446 g/mol. The van der Waals surface area contributed by atoms with E-state index in [0.29, 0.717) is 39.3 Å². The number of carbonyl (C=O) groups excluding carboxylic acids is 3. The quantitative estimate of drug-likeness (QED) is 0.381. The zero-order chi connectivity index (χ0) is 24.8. The Morgan fingerprint density at radius 3 is 2.17 bits per heavy atom. The Morgan fingerprint density at radius 2 is 1.51 bits per heavy atom. The van der Waals surface area contributed by atoms with Crippen LogP contribution < -0.4 is 15.4 Å². The molecule has 2 N–H and O–H groups in total. The second kappa shape index (κ2) is 10.5. The number of nitrogens with zero attached hydrogens (tertiary/aromatic N) is 1. The molecule has 35 heavy (non-hydrogen) atoms. The van der Waals surface area contributed by atoms with E-state index in [1.807, 2.05) is 42.5 Å². The number of fused-ring (bicyclic) bond motifs is 1. The third kappa shape index (κ3) is 5.80. The number of nitrogens with one attached hydrogen (secondary N) is 2. The summed E-state index contributed by atoms with van der Waals surface area (Å²) in [7, 11) is 1.59. The molecule has 4 rings (SSSR count). The van der Waals surface area contributed by atoms with E-state index in [2.05, 4.69) is 15.6 Å². The number of carbonyl (C=O) groups is 3. The number of methoxy groups -OCH3 is 1. The van der Waals surface area contributed by atoms with E-state index >= 15 is 0 Å². The van der Waals surface area contributed by atoms with E-state index < -0.39 is 18.5 Å². The molecule has 0 bridgehead atoms. The van der Waals surface area contributed by atoms with Crippen molar-refractivity contribution in [2.75, 3.05) is 24.4 Å². The number of hydrogen-bond acceptors (Lipinski definition) is 6. The minimum Gasteiger partial charge on any atom is -0.497 e. The maximum absolute atomic E-state index is 13.0. The molecule has 0 spiro atoms. The van der Waals surface area contributed by atoms with Crippen LogP contribution in [-0.4, -0.2) is 36.5 Å². The van der Waals surface area contributed by atoms with Gasteiger partial charge in [-0.3, -0.25) is 9.59 Å². The van der Waals surface area contributed by atoms with Crippen molar-refractivity contribution >= 4 is 40.1 Å². The van der Waals surface area contributed by atoms with Gasteiger partial charge in [-0.25, -0.2) is 9.78 Å². The van der Waals surface area contributed by atoms with Gasteiger partial charge in [0, 0.05) is 29.2 Å². The number of para-hydroxylation sites is 1. The maximum Gasteiger partial charge on any atom is 0.339 e. The third-order valence-corrected chi connectivity index (χ3v) is 5.15. The first kappa shape index (κ1) is 23.4. The predicted octanol–water partition coefficient (Wildman–Crippen LogP) is 4.66. The van der Waals surface area contributed by atoms with Crippen LogP contribution in [0.2, 0.25) is 0 Å². The SMILES string of the molecule is COc1ccc(-c2cc(C(=O)OCC(=O)Nc3ccc(NC(C)=O)cc3)c3ccccc3n2)cc1. The molecule has 0 saturated heterocycles. The molecule has 8 nitrogen and oxygen atoms in total. The summed E-state index contributed by atoms with van der Waals surface area (Å²) in [5.74, 6) is -0.591. The minimum atomic E-state index is -0.630. The highest BCUT2D eigenvalue weighted by Gasteiger charge is 2.17. The van der Waals surface area contributed by atoms with Crippen molar-refractivity contribution in [3.8, 4) is 17.0 Å². The van der Waals surface area contributed by atoms with Crippen LogP contribution in [0.1, 0.15) is 17.3 Å². The summed E-state index contributed by atoms with van der Waals surface area (Å²) in [4.78, 5) is 41.1. The second-order valence-corrected chi connectivity index (χ2v) is 7.68. The molecule has 4 aromatic rings. The van der Waals surface area contributed by atoms with Gasteiger partial charge >= 0.3 is 5.97 Å². The van der Waals surface area contributed by atoms with E-state index in [4.69, 9.17) is 9.47 Å². The highest BCUT2D eigenvalue weighted by molar-refractivity contribution is 6.05. The van der Waals surface area contributed by atoms with Crippen molar-refractivity contribution in [1.29, 1.82) is 0 Å². The Kier molecular flexibility index (Phi) is 7.02. The fourth-order valence-electron chi connectivity index (χ4n) is 3.50. The van der Waals surface area contributed by atoms with Gasteiger partial charge in [0.05, 0.1) is 23.9 Å². The summed E-state index contributed by atoms with van der Waals surface area (Å²) >= 11 is 0. The third-order valence-electron chi connectivity index (χ3n) is 5.15. The fraction of sp³-hybridized carbons (Fsp3) is 0.111. The molecule has 176 valence electrons. The van der Waals surface area contributed by atoms with Crippen LogP contribution in [0.25, 0.3) is 22.2 Å². The van der Waals surface area contributed by atoms with Crippen LogP contribution in [0.15, 0.2) is 78.9 Å². The zero-order valence-electron chi connectivity index (χ0n) is 19.2. The number of ether oxygens (including phenoxy) is 2. The van der Waals surface area contributed by atoms with Crippen LogP contribution in [0.5, 0.6) is 5.75 Å². The normalized spacial score (nSPS) is 10.5. The molecule has 0 aliphatic rings. The Morgan fingerprint density at radius 1 is 0.857 bits per heavy atom. The van der Waals surface area contributed by atoms with Crippen molar-refractivity contribution in [2.45, 2.75) is 6.92 Å². The number of anilines is 2. The number of hydrogen-bond donors (Lipinski definition) is 2. The van der Waals surface area contributed by atoms with Gasteiger partial charge in [-0.05, 0) is 60.7 Å². The first-order chi connectivity index (χ1) is 16.9. The Bertz CT molecular complexity index is 1380. The topological polar surface area (TPSA) is 107 Å². The maximum atomic E-state index is 13.0. The van der Waals surface area contributed by atoms with Crippen LogP contribution in [0.3, 0.4) is 0 Å². The van der Waals surface area contributed by atoms with Crippen molar-refractivity contribution < 1.29 is 23.9 Å². The monoisotopic (exact) mass is 469 g/mol. The molecule has 0 unspecified atom stereocenters. The summed E-state index contributed by atoms with van der Waals surface area (Å²) in [5, 5.41) is 5.94. The molecule has 0 atom stereocenters. The average molecular weight is 469 g/mol. The van der Waals surface area contributed by atoms with Crippen molar-refractivity contribution in [1.82, 2.24) is 4.98 Å². The fourth-order valence-corrected chi connectivity index (χ4v) is 3.50. The summed E-state index contributed by atoms with van der Waals surface area (Å²) in [6.45, 7) is 0.955. The lowest BCUT2D eigenvalue weighted by atomic mass is 10.0. The average Bonchev–Trinajstić information content (AvgIpc) is 2.87. The van der Waals surface area contributed by atoms with Crippen molar-refractivity contribution in [2.24, 2.45) is 0 Å². The standard InChI is InChI=1S/C27H23N3O5/c1-17(31)28-19-9-11-20(12-10-19)29-26(32)16-35-27(33)23-15-25(18-7-13-21(34-2)14-8-18)30-24-6-4-3-5-22(23)24/h3-15H,16H2,1-2H3,(H,28,31)(H,29,32). The van der Waals surface area contributed by atoms with Crippen LogP contribution in [0, 0.1) is 0 Å². The van der Waals surface area contributed by atoms with Gasteiger partial charge in [0.1, 0.15) is 5.75 Å². The largest absolute Gasteiger partial charge is 0.497 e. The van der Waals surface area contributed by atoms with Gasteiger partial charge in [0.25, 0.3) is 5.91 Å². The number of rotatable bonds is 7. The minimum absolute atomic E-state index is 0.188. The van der Waals surface area contributed by atoms with E-state index in [1.54, 1.807) is 43.5 Å². The van der Waals surface area contributed by atoms with E-state index in [0.717, 1.165) is 5.56 Å².